The third-order valence-corrected chi connectivity index (χ3v) is 1.26. The molecule has 0 amide bonds. The molecule has 0 saturated carbocycles. The average Bonchev–Trinajstić information content (AvgIpc) is 1.90. The molecule has 0 aliphatic heterocycles. The van der Waals surface area contributed by atoms with Gasteiger partial charge in [0.2, 0.25) is 0 Å². The van der Waals surface area contributed by atoms with Crippen molar-refractivity contribution in [2.75, 3.05) is 0 Å². The maximum atomic E-state index is 5.38. The first kappa shape index (κ1) is 9.95. The van der Waals surface area contributed by atoms with E-state index in [2.05, 4.69) is 6.92 Å². The summed E-state index contributed by atoms with van der Waals surface area (Å²) in [6.07, 6.45) is 0. The normalized spacial score (nSPS) is 8.60. The van der Waals surface area contributed by atoms with Gasteiger partial charge in [-0.15, -0.1) is 0 Å². The molecule has 0 unspecified atom stereocenters. The molecular formula is C8H12MgN. The minimum absolute atomic E-state index is 0. The maximum Gasteiger partial charge on any atom is 0.316 e. The summed E-state index contributed by atoms with van der Waals surface area (Å²) in [6.45, 7) is 4.37. The lowest BCUT2D eigenvalue weighted by molar-refractivity contribution is 1.07. The van der Waals surface area contributed by atoms with E-state index in [0.29, 0.717) is 6.54 Å². The molecule has 0 fully saturated rings. The van der Waals surface area contributed by atoms with Crippen LogP contribution >= 0.6 is 0 Å². The van der Waals surface area contributed by atoms with Gasteiger partial charge in [-0.1, -0.05) is 24.3 Å². The van der Waals surface area contributed by atoms with Gasteiger partial charge in [-0.05, 0) is 18.1 Å². The van der Waals surface area contributed by atoms with E-state index in [1.54, 1.807) is 0 Å². The molecule has 1 aromatic rings. The van der Waals surface area contributed by atoms with Crippen molar-refractivity contribution >= 4 is 23.1 Å². The Hall–Kier alpha value is -0.0538. The lowest BCUT2D eigenvalue weighted by atomic mass is 10.2. The van der Waals surface area contributed by atoms with Crippen molar-refractivity contribution in [3.8, 4) is 0 Å². The molecule has 0 heterocycles. The molecule has 1 aromatic carbocycles. The van der Waals surface area contributed by atoms with Crippen LogP contribution in [0, 0.1) is 6.92 Å². The fourth-order valence-corrected chi connectivity index (χ4v) is 0.675. The van der Waals surface area contributed by atoms with E-state index >= 15 is 0 Å². The Kier molecular flexibility index (Phi) is 4.69. The first-order chi connectivity index (χ1) is 4.33. The summed E-state index contributed by atoms with van der Waals surface area (Å²) in [5.41, 5.74) is 7.57. The third kappa shape index (κ3) is 2.69. The number of hydrogen-bond donors (Lipinski definition) is 1. The summed E-state index contributed by atoms with van der Waals surface area (Å²) < 4.78 is 0. The van der Waals surface area contributed by atoms with Crippen molar-refractivity contribution in [2.45, 2.75) is 6.54 Å². The lowest BCUT2D eigenvalue weighted by Crippen LogP contribution is -1.94. The Morgan fingerprint density at radius 2 is 1.70 bits per heavy atom. The number of benzene rings is 1. The third-order valence-electron chi connectivity index (χ3n) is 1.26. The van der Waals surface area contributed by atoms with Gasteiger partial charge in [-0.25, -0.2) is 0 Å². The van der Waals surface area contributed by atoms with Gasteiger partial charge < -0.3 is 5.73 Å². The van der Waals surface area contributed by atoms with E-state index in [1.165, 1.54) is 0 Å². The van der Waals surface area contributed by atoms with Crippen LogP contribution in [0.2, 0.25) is 0 Å². The molecule has 0 aliphatic carbocycles. The molecule has 0 saturated heterocycles. The minimum Gasteiger partial charge on any atom is -0.326 e. The zero-order chi connectivity index (χ0) is 6.69. The van der Waals surface area contributed by atoms with Crippen LogP contribution in [-0.4, -0.2) is 23.1 Å². The van der Waals surface area contributed by atoms with E-state index < -0.39 is 0 Å². The predicted octanol–water partition coefficient (Wildman–Crippen LogP) is 0.411. The molecule has 0 spiro atoms. The molecular weight excluding hydrogens is 134 g/mol. The highest BCUT2D eigenvalue weighted by atomic mass is 24.3. The Labute approximate surface area is 77.8 Å². The molecule has 0 atom stereocenters. The van der Waals surface area contributed by atoms with E-state index in [-0.39, 0.29) is 23.1 Å². The largest absolute Gasteiger partial charge is 0.326 e. The SMILES string of the molecule is [CH2]c1ccc(CN)cc1.[MgH2]. The summed E-state index contributed by atoms with van der Waals surface area (Å²) in [7, 11) is 0. The van der Waals surface area contributed by atoms with Crippen molar-refractivity contribution < 1.29 is 0 Å². The smallest absolute Gasteiger partial charge is 0.316 e. The Bertz CT molecular complexity index is 181. The maximum absolute atomic E-state index is 5.38. The summed E-state index contributed by atoms with van der Waals surface area (Å²) in [5, 5.41) is 0. The average molecular weight is 146 g/mol. The Morgan fingerprint density at radius 3 is 2.10 bits per heavy atom. The lowest BCUT2D eigenvalue weighted by Gasteiger charge is -1.94. The van der Waals surface area contributed by atoms with Crippen molar-refractivity contribution in [1.29, 1.82) is 0 Å². The number of nitrogens with two attached hydrogens (primary N) is 1. The van der Waals surface area contributed by atoms with Crippen LogP contribution in [0.5, 0.6) is 0 Å². The summed E-state index contributed by atoms with van der Waals surface area (Å²) in [5.74, 6) is 0. The molecule has 2 heteroatoms. The molecule has 1 rings (SSSR count). The van der Waals surface area contributed by atoms with Gasteiger partial charge in [-0.3, -0.25) is 0 Å². The number of hydrogen-bond acceptors (Lipinski definition) is 1. The van der Waals surface area contributed by atoms with E-state index in [9.17, 15) is 0 Å². The van der Waals surface area contributed by atoms with Gasteiger partial charge in [0, 0.05) is 6.54 Å². The fourth-order valence-electron chi connectivity index (χ4n) is 0.675. The van der Waals surface area contributed by atoms with Crippen molar-refractivity contribution in [2.24, 2.45) is 5.73 Å². The highest BCUT2D eigenvalue weighted by Gasteiger charge is 1.85. The van der Waals surface area contributed by atoms with E-state index in [4.69, 9.17) is 5.73 Å². The van der Waals surface area contributed by atoms with Gasteiger partial charge in [-0.2, -0.15) is 0 Å². The van der Waals surface area contributed by atoms with E-state index in [1.807, 2.05) is 24.3 Å². The van der Waals surface area contributed by atoms with E-state index in [0.717, 1.165) is 11.1 Å². The topological polar surface area (TPSA) is 26.0 Å². The standard InChI is InChI=1S/C8H10N.Mg.2H/c1-7-2-4-8(6-9)5-3-7;;;/h2-5H,1,6,9H2;;;. The molecule has 51 valence electrons. The summed E-state index contributed by atoms with van der Waals surface area (Å²) in [6, 6.07) is 7.90. The van der Waals surface area contributed by atoms with Gasteiger partial charge in [0.05, 0.1) is 0 Å². The van der Waals surface area contributed by atoms with Crippen LogP contribution < -0.4 is 5.73 Å². The van der Waals surface area contributed by atoms with Crippen molar-refractivity contribution in [3.05, 3.63) is 42.3 Å². The monoisotopic (exact) mass is 146 g/mol. The van der Waals surface area contributed by atoms with Crippen LogP contribution in [-0.2, 0) is 6.54 Å². The zero-order valence-corrected chi connectivity index (χ0v) is 5.30. The van der Waals surface area contributed by atoms with Crippen LogP contribution in [0.4, 0.5) is 0 Å². The van der Waals surface area contributed by atoms with Crippen LogP contribution in [0.15, 0.2) is 24.3 Å². The molecule has 0 aromatic heterocycles. The van der Waals surface area contributed by atoms with Crippen LogP contribution in [0.3, 0.4) is 0 Å². The van der Waals surface area contributed by atoms with Gasteiger partial charge in [0.15, 0.2) is 0 Å². The van der Waals surface area contributed by atoms with Gasteiger partial charge in [0.1, 0.15) is 0 Å². The molecule has 0 aliphatic rings. The molecule has 0 bridgehead atoms. The molecule has 1 radical (unpaired) electrons. The van der Waals surface area contributed by atoms with Gasteiger partial charge >= 0.3 is 23.1 Å². The van der Waals surface area contributed by atoms with Crippen molar-refractivity contribution in [1.82, 2.24) is 0 Å². The second kappa shape index (κ2) is 4.71. The van der Waals surface area contributed by atoms with Gasteiger partial charge in [0.25, 0.3) is 0 Å². The quantitative estimate of drug-likeness (QED) is 0.571. The zero-order valence-electron chi connectivity index (χ0n) is 5.30. The molecule has 10 heavy (non-hydrogen) atoms. The minimum atomic E-state index is 0. The fraction of sp³-hybridized carbons (Fsp3) is 0.125. The molecule has 2 N–H and O–H groups in total. The van der Waals surface area contributed by atoms with Crippen LogP contribution in [0.1, 0.15) is 11.1 Å². The van der Waals surface area contributed by atoms with Crippen LogP contribution in [0.25, 0.3) is 0 Å². The highest BCUT2D eigenvalue weighted by Crippen LogP contribution is 2.00. The first-order valence-corrected chi connectivity index (χ1v) is 2.94. The Balaban J connectivity index is 0.000000810. The Morgan fingerprint density at radius 1 is 1.20 bits per heavy atom. The molecule has 1 nitrogen and oxygen atoms in total. The van der Waals surface area contributed by atoms with Crippen molar-refractivity contribution in [3.63, 3.8) is 0 Å². The second-order valence-corrected chi connectivity index (χ2v) is 2.02. The summed E-state index contributed by atoms with van der Waals surface area (Å²) in [4.78, 5) is 0. The second-order valence-electron chi connectivity index (χ2n) is 2.02. The number of rotatable bonds is 1. The summed E-state index contributed by atoms with van der Waals surface area (Å²) >= 11 is 0. The first-order valence-electron chi connectivity index (χ1n) is 2.94. The highest BCUT2D eigenvalue weighted by molar-refractivity contribution is 5.75. The predicted molar refractivity (Wildman–Crippen MR) is 47.3 cm³/mol.